The fourth-order valence-electron chi connectivity index (χ4n) is 2.52. The minimum Gasteiger partial charge on any atom is -0.325 e. The molecule has 4 rings (SSSR count). The molecule has 0 unspecified atom stereocenters. The number of nitrogens with one attached hydrogen (secondary N) is 1. The summed E-state index contributed by atoms with van der Waals surface area (Å²) in [5.74, 6) is -0.0508. The lowest BCUT2D eigenvalue weighted by atomic mass is 10.2. The van der Waals surface area contributed by atoms with Crippen molar-refractivity contribution < 1.29 is 4.79 Å². The van der Waals surface area contributed by atoms with Crippen molar-refractivity contribution in [1.82, 2.24) is 14.6 Å². The molecule has 126 valence electrons. The summed E-state index contributed by atoms with van der Waals surface area (Å²) in [6.07, 6.45) is 0. The Morgan fingerprint density at radius 1 is 1.16 bits per heavy atom. The standard InChI is InChI=1S/C18H16N4OS2/c1-11-7-9-13(10-8-11)19-16(23)12(2)24-17-20-21-18-22(17)14-5-3-4-6-15(14)25-18/h3-10,12H,1-2H3,(H,19,23)/t12-/m1/s1. The number of hydrogen-bond donors (Lipinski definition) is 1. The van der Waals surface area contributed by atoms with Crippen LogP contribution in [0.5, 0.6) is 0 Å². The van der Waals surface area contributed by atoms with Crippen molar-refractivity contribution in [3.8, 4) is 0 Å². The first-order valence-electron chi connectivity index (χ1n) is 7.88. The number of amides is 1. The molecule has 2 heterocycles. The zero-order chi connectivity index (χ0) is 17.4. The molecule has 1 atom stereocenters. The van der Waals surface area contributed by atoms with E-state index in [1.54, 1.807) is 11.3 Å². The second kappa shape index (κ2) is 6.50. The maximum absolute atomic E-state index is 12.5. The number of benzene rings is 2. The van der Waals surface area contributed by atoms with Gasteiger partial charge in [-0.1, -0.05) is 52.9 Å². The van der Waals surface area contributed by atoms with Gasteiger partial charge in [0.1, 0.15) is 0 Å². The monoisotopic (exact) mass is 368 g/mol. The highest BCUT2D eigenvalue weighted by molar-refractivity contribution is 8.00. The van der Waals surface area contributed by atoms with Gasteiger partial charge in [-0.25, -0.2) is 0 Å². The van der Waals surface area contributed by atoms with Gasteiger partial charge in [0, 0.05) is 5.69 Å². The Morgan fingerprint density at radius 3 is 2.72 bits per heavy atom. The van der Waals surface area contributed by atoms with Crippen LogP contribution in [0, 0.1) is 6.92 Å². The molecule has 4 aromatic rings. The molecule has 25 heavy (non-hydrogen) atoms. The zero-order valence-electron chi connectivity index (χ0n) is 13.8. The van der Waals surface area contributed by atoms with Gasteiger partial charge < -0.3 is 5.32 Å². The minimum atomic E-state index is -0.285. The Morgan fingerprint density at radius 2 is 1.92 bits per heavy atom. The third-order valence-electron chi connectivity index (χ3n) is 3.88. The first kappa shape index (κ1) is 16.1. The van der Waals surface area contributed by atoms with Crippen LogP contribution in [0.25, 0.3) is 15.2 Å². The Bertz CT molecular complexity index is 1050. The van der Waals surface area contributed by atoms with Gasteiger partial charge in [0.05, 0.1) is 15.5 Å². The number of thioether (sulfide) groups is 1. The van der Waals surface area contributed by atoms with Gasteiger partial charge in [-0.3, -0.25) is 9.20 Å². The molecule has 0 saturated heterocycles. The Hall–Kier alpha value is -2.38. The molecule has 0 radical (unpaired) electrons. The van der Waals surface area contributed by atoms with Crippen molar-refractivity contribution >= 4 is 49.9 Å². The van der Waals surface area contributed by atoms with E-state index in [-0.39, 0.29) is 11.2 Å². The van der Waals surface area contributed by atoms with Gasteiger partial charge in [0.25, 0.3) is 0 Å². The van der Waals surface area contributed by atoms with E-state index in [1.165, 1.54) is 11.8 Å². The number of para-hydroxylation sites is 1. The van der Waals surface area contributed by atoms with E-state index >= 15 is 0 Å². The molecule has 1 amide bonds. The summed E-state index contributed by atoms with van der Waals surface area (Å²) in [7, 11) is 0. The molecule has 0 spiro atoms. The average Bonchev–Trinajstić information content (AvgIpc) is 3.16. The van der Waals surface area contributed by atoms with Crippen LogP contribution in [0.2, 0.25) is 0 Å². The van der Waals surface area contributed by atoms with Crippen LogP contribution in [0.15, 0.2) is 53.7 Å². The Labute approximate surface area is 153 Å². The molecule has 1 N–H and O–H groups in total. The van der Waals surface area contributed by atoms with E-state index in [4.69, 9.17) is 0 Å². The van der Waals surface area contributed by atoms with E-state index in [0.29, 0.717) is 0 Å². The van der Waals surface area contributed by atoms with Gasteiger partial charge in [-0.15, -0.1) is 10.2 Å². The van der Waals surface area contributed by atoms with Crippen molar-refractivity contribution in [2.45, 2.75) is 24.3 Å². The van der Waals surface area contributed by atoms with Gasteiger partial charge in [-0.05, 0) is 38.1 Å². The topological polar surface area (TPSA) is 59.3 Å². The van der Waals surface area contributed by atoms with Crippen molar-refractivity contribution in [3.63, 3.8) is 0 Å². The molecule has 0 aliphatic heterocycles. The Kier molecular flexibility index (Phi) is 4.19. The fourth-order valence-corrected chi connectivity index (χ4v) is 4.41. The lowest BCUT2D eigenvalue weighted by molar-refractivity contribution is -0.115. The zero-order valence-corrected chi connectivity index (χ0v) is 15.4. The van der Waals surface area contributed by atoms with Crippen molar-refractivity contribution in [1.29, 1.82) is 0 Å². The quantitative estimate of drug-likeness (QED) is 0.543. The number of thiazole rings is 1. The number of carbonyl (C=O) groups excluding carboxylic acids is 1. The maximum atomic E-state index is 12.5. The number of rotatable bonds is 4. The summed E-state index contributed by atoms with van der Waals surface area (Å²) in [6.45, 7) is 3.90. The number of nitrogens with zero attached hydrogens (tertiary/aromatic N) is 3. The van der Waals surface area contributed by atoms with Crippen LogP contribution >= 0.6 is 23.1 Å². The SMILES string of the molecule is Cc1ccc(NC(=O)[C@@H](C)Sc2nnc3sc4ccccc4n23)cc1. The fraction of sp³-hybridized carbons (Fsp3) is 0.167. The van der Waals surface area contributed by atoms with Crippen LogP contribution < -0.4 is 5.32 Å². The first-order chi connectivity index (χ1) is 12.1. The first-order valence-corrected chi connectivity index (χ1v) is 9.58. The highest BCUT2D eigenvalue weighted by Gasteiger charge is 2.20. The number of carbonyl (C=O) groups is 1. The van der Waals surface area contributed by atoms with Gasteiger partial charge >= 0.3 is 0 Å². The number of hydrogen-bond acceptors (Lipinski definition) is 5. The summed E-state index contributed by atoms with van der Waals surface area (Å²) in [5, 5.41) is 11.9. The smallest absolute Gasteiger partial charge is 0.237 e. The number of fused-ring (bicyclic) bond motifs is 3. The van der Waals surface area contributed by atoms with Crippen LogP contribution in [0.1, 0.15) is 12.5 Å². The lowest BCUT2D eigenvalue weighted by Crippen LogP contribution is -2.22. The number of anilines is 1. The Balaban J connectivity index is 1.56. The predicted octanol–water partition coefficient (Wildman–Crippen LogP) is 4.37. The second-order valence-electron chi connectivity index (χ2n) is 5.79. The summed E-state index contributed by atoms with van der Waals surface area (Å²) in [6, 6.07) is 15.9. The van der Waals surface area contributed by atoms with E-state index < -0.39 is 0 Å². The minimum absolute atomic E-state index is 0.0508. The molecule has 0 fully saturated rings. The van der Waals surface area contributed by atoms with E-state index in [9.17, 15) is 4.79 Å². The van der Waals surface area contributed by atoms with E-state index in [2.05, 4.69) is 21.6 Å². The molecular weight excluding hydrogens is 352 g/mol. The maximum Gasteiger partial charge on any atom is 0.237 e. The van der Waals surface area contributed by atoms with Crippen LogP contribution in [-0.4, -0.2) is 25.8 Å². The summed E-state index contributed by atoms with van der Waals surface area (Å²) >= 11 is 3.01. The largest absolute Gasteiger partial charge is 0.325 e. The normalized spacial score (nSPS) is 12.6. The lowest BCUT2D eigenvalue weighted by Gasteiger charge is -2.11. The molecule has 0 aliphatic rings. The van der Waals surface area contributed by atoms with Gasteiger partial charge in [0.2, 0.25) is 10.9 Å². The molecule has 7 heteroatoms. The molecule has 5 nitrogen and oxygen atoms in total. The third-order valence-corrected chi connectivity index (χ3v) is 5.94. The molecular formula is C18H16N4OS2. The van der Waals surface area contributed by atoms with Crippen molar-refractivity contribution in [2.75, 3.05) is 5.32 Å². The molecule has 0 aliphatic carbocycles. The van der Waals surface area contributed by atoms with Crippen LogP contribution in [-0.2, 0) is 4.79 Å². The second-order valence-corrected chi connectivity index (χ2v) is 8.10. The average molecular weight is 368 g/mol. The summed E-state index contributed by atoms with van der Waals surface area (Å²) in [5.41, 5.74) is 3.03. The number of aromatic nitrogens is 3. The predicted molar refractivity (Wildman–Crippen MR) is 103 cm³/mol. The van der Waals surface area contributed by atoms with Crippen molar-refractivity contribution in [2.24, 2.45) is 0 Å². The molecule has 2 aromatic heterocycles. The molecule has 2 aromatic carbocycles. The number of aryl methyl sites for hydroxylation is 1. The van der Waals surface area contributed by atoms with Gasteiger partial charge in [0.15, 0.2) is 5.16 Å². The highest BCUT2D eigenvalue weighted by atomic mass is 32.2. The summed E-state index contributed by atoms with van der Waals surface area (Å²) < 4.78 is 3.17. The molecule has 0 bridgehead atoms. The van der Waals surface area contributed by atoms with Gasteiger partial charge in [-0.2, -0.15) is 0 Å². The van der Waals surface area contributed by atoms with E-state index in [0.717, 1.165) is 31.6 Å². The van der Waals surface area contributed by atoms with Crippen LogP contribution in [0.4, 0.5) is 5.69 Å². The summed E-state index contributed by atoms with van der Waals surface area (Å²) in [4.78, 5) is 13.3. The molecule has 0 saturated carbocycles. The highest BCUT2D eigenvalue weighted by Crippen LogP contribution is 2.31. The van der Waals surface area contributed by atoms with E-state index in [1.807, 2.05) is 60.7 Å². The van der Waals surface area contributed by atoms with Crippen molar-refractivity contribution in [3.05, 3.63) is 54.1 Å². The van der Waals surface area contributed by atoms with Crippen LogP contribution in [0.3, 0.4) is 0 Å². The third kappa shape index (κ3) is 3.12.